The molecule has 2 aromatic rings. The van der Waals surface area contributed by atoms with E-state index in [1.165, 1.54) is 30.3 Å². The lowest BCUT2D eigenvalue weighted by Gasteiger charge is -2.13. The van der Waals surface area contributed by atoms with Gasteiger partial charge in [0.1, 0.15) is 0 Å². The van der Waals surface area contributed by atoms with Crippen LogP contribution in [0, 0.1) is 0 Å². The van der Waals surface area contributed by atoms with Gasteiger partial charge in [0.2, 0.25) is 5.91 Å². The minimum Gasteiger partial charge on any atom is -0.349 e. The van der Waals surface area contributed by atoms with E-state index in [1.54, 1.807) is 18.2 Å². The minimum atomic E-state index is -3.92. The molecule has 0 aromatic heterocycles. The summed E-state index contributed by atoms with van der Waals surface area (Å²) in [6, 6.07) is 10.7. The number of rotatable bonds is 6. The van der Waals surface area contributed by atoms with Crippen molar-refractivity contribution in [3.8, 4) is 0 Å². The van der Waals surface area contributed by atoms with Gasteiger partial charge in [-0.2, -0.15) is 0 Å². The van der Waals surface area contributed by atoms with Crippen molar-refractivity contribution in [2.75, 3.05) is 16.6 Å². The van der Waals surface area contributed by atoms with Crippen LogP contribution >= 0.6 is 0 Å². The van der Waals surface area contributed by atoms with Gasteiger partial charge in [-0.3, -0.25) is 14.3 Å². The van der Waals surface area contributed by atoms with Crippen LogP contribution in [-0.4, -0.2) is 26.8 Å². The van der Waals surface area contributed by atoms with Crippen LogP contribution in [0.25, 0.3) is 0 Å². The lowest BCUT2D eigenvalue weighted by molar-refractivity contribution is -0.115. The Morgan fingerprint density at radius 2 is 2.00 bits per heavy atom. The first kappa shape index (κ1) is 17.7. The minimum absolute atomic E-state index is 0.0223. The summed E-state index contributed by atoms with van der Waals surface area (Å²) in [4.78, 5) is 23.6. The van der Waals surface area contributed by atoms with Gasteiger partial charge < -0.3 is 10.6 Å². The van der Waals surface area contributed by atoms with E-state index in [9.17, 15) is 18.0 Å². The highest BCUT2D eigenvalue weighted by molar-refractivity contribution is 7.92. The van der Waals surface area contributed by atoms with Gasteiger partial charge in [-0.05, 0) is 35.9 Å². The average molecular weight is 371 g/mol. The van der Waals surface area contributed by atoms with Crippen LogP contribution < -0.4 is 15.4 Å². The molecule has 0 spiro atoms. The summed E-state index contributed by atoms with van der Waals surface area (Å²) in [7, 11) is -3.92. The molecule has 0 radical (unpaired) electrons. The average Bonchev–Trinajstić information content (AvgIpc) is 2.99. The molecule has 2 amide bonds. The third-order valence-electron chi connectivity index (χ3n) is 3.84. The van der Waals surface area contributed by atoms with Crippen molar-refractivity contribution < 1.29 is 18.0 Å². The standard InChI is InChI=1S/C18H17N3O4S/c1-2-9-19-18(23)14-5-3-4-6-16(14)21-26(24,25)13-7-8-15-12(10-13)11-17(22)20-15/h2-8,10,21H,1,9,11H2,(H,19,23)(H,20,22). The molecule has 3 N–H and O–H groups in total. The van der Waals surface area contributed by atoms with Crippen molar-refractivity contribution >= 4 is 33.2 Å². The van der Waals surface area contributed by atoms with Gasteiger partial charge >= 0.3 is 0 Å². The van der Waals surface area contributed by atoms with Crippen LogP contribution in [0.4, 0.5) is 11.4 Å². The number of anilines is 2. The predicted molar refractivity (Wildman–Crippen MR) is 98.6 cm³/mol. The quantitative estimate of drug-likeness (QED) is 0.675. The van der Waals surface area contributed by atoms with Crippen molar-refractivity contribution in [1.82, 2.24) is 5.32 Å². The normalized spacial score (nSPS) is 12.8. The van der Waals surface area contributed by atoms with Gasteiger partial charge in [0, 0.05) is 12.2 Å². The van der Waals surface area contributed by atoms with Crippen LogP contribution in [0.2, 0.25) is 0 Å². The lowest BCUT2D eigenvalue weighted by Crippen LogP contribution is -2.25. The van der Waals surface area contributed by atoms with Gasteiger partial charge in [-0.25, -0.2) is 8.42 Å². The molecule has 7 nitrogen and oxygen atoms in total. The summed E-state index contributed by atoms with van der Waals surface area (Å²) in [5.74, 6) is -0.585. The molecule has 2 aromatic carbocycles. The van der Waals surface area contributed by atoms with Crippen LogP contribution in [0.15, 0.2) is 60.0 Å². The first-order chi connectivity index (χ1) is 12.4. The second kappa shape index (κ2) is 7.01. The zero-order valence-electron chi connectivity index (χ0n) is 13.8. The first-order valence-electron chi connectivity index (χ1n) is 7.84. The van der Waals surface area contributed by atoms with E-state index in [-0.39, 0.29) is 35.0 Å². The molecule has 134 valence electrons. The smallest absolute Gasteiger partial charge is 0.261 e. The molecular formula is C18H17N3O4S. The lowest BCUT2D eigenvalue weighted by atomic mass is 10.1. The molecular weight excluding hydrogens is 354 g/mol. The van der Waals surface area contributed by atoms with Crippen molar-refractivity contribution in [2.45, 2.75) is 11.3 Å². The molecule has 0 unspecified atom stereocenters. The van der Waals surface area contributed by atoms with Crippen LogP contribution in [0.5, 0.6) is 0 Å². The maximum Gasteiger partial charge on any atom is 0.261 e. The Kier molecular flexibility index (Phi) is 4.77. The number of benzene rings is 2. The van der Waals surface area contributed by atoms with Gasteiger partial charge in [0.25, 0.3) is 15.9 Å². The molecule has 3 rings (SSSR count). The maximum atomic E-state index is 12.7. The van der Waals surface area contributed by atoms with Gasteiger partial charge in [-0.15, -0.1) is 6.58 Å². The van der Waals surface area contributed by atoms with Crippen LogP contribution in [0.1, 0.15) is 15.9 Å². The van der Waals surface area contributed by atoms with Crippen molar-refractivity contribution in [2.24, 2.45) is 0 Å². The SMILES string of the molecule is C=CCNC(=O)c1ccccc1NS(=O)(=O)c1ccc2c(c1)CC(=O)N2. The van der Waals surface area contributed by atoms with Gasteiger partial charge in [0.05, 0.1) is 22.6 Å². The molecule has 1 heterocycles. The fourth-order valence-corrected chi connectivity index (χ4v) is 3.74. The number of para-hydroxylation sites is 1. The number of sulfonamides is 1. The van der Waals surface area contributed by atoms with E-state index in [1.807, 2.05) is 0 Å². The van der Waals surface area contributed by atoms with Gasteiger partial charge in [-0.1, -0.05) is 18.2 Å². The Labute approximate surface area is 151 Å². The Morgan fingerprint density at radius 3 is 2.77 bits per heavy atom. The summed E-state index contributed by atoms with van der Waals surface area (Å²) >= 11 is 0. The zero-order chi connectivity index (χ0) is 18.7. The number of carbonyl (C=O) groups is 2. The van der Waals surface area contributed by atoms with Gasteiger partial charge in [0.15, 0.2) is 0 Å². The molecule has 0 saturated heterocycles. The molecule has 1 aliphatic heterocycles. The number of nitrogens with one attached hydrogen (secondary N) is 3. The summed E-state index contributed by atoms with van der Waals surface area (Å²) in [5, 5.41) is 5.27. The predicted octanol–water partition coefficient (Wildman–Crippen LogP) is 1.90. The van der Waals surface area contributed by atoms with E-state index in [2.05, 4.69) is 21.9 Å². The molecule has 8 heteroatoms. The van der Waals surface area contributed by atoms with E-state index >= 15 is 0 Å². The molecule has 26 heavy (non-hydrogen) atoms. The Morgan fingerprint density at radius 1 is 1.23 bits per heavy atom. The summed E-state index contributed by atoms with van der Waals surface area (Å²) in [6.45, 7) is 3.80. The Bertz CT molecular complexity index is 999. The second-order valence-electron chi connectivity index (χ2n) is 5.69. The molecule has 0 atom stereocenters. The van der Waals surface area contributed by atoms with Crippen LogP contribution in [-0.2, 0) is 21.2 Å². The summed E-state index contributed by atoms with van der Waals surface area (Å²) in [5.41, 5.74) is 1.60. The number of hydrogen-bond acceptors (Lipinski definition) is 4. The van der Waals surface area contributed by atoms with E-state index in [0.29, 0.717) is 11.3 Å². The third-order valence-corrected chi connectivity index (χ3v) is 5.20. The number of fused-ring (bicyclic) bond motifs is 1. The maximum absolute atomic E-state index is 12.7. The summed E-state index contributed by atoms with van der Waals surface area (Å²) in [6.07, 6.45) is 1.67. The van der Waals surface area contributed by atoms with Crippen molar-refractivity contribution in [3.05, 3.63) is 66.2 Å². The highest BCUT2D eigenvalue weighted by atomic mass is 32.2. The topological polar surface area (TPSA) is 104 Å². The Hall–Kier alpha value is -3.13. The fraction of sp³-hybridized carbons (Fsp3) is 0.111. The first-order valence-corrected chi connectivity index (χ1v) is 9.33. The number of amides is 2. The molecule has 1 aliphatic rings. The monoisotopic (exact) mass is 371 g/mol. The van der Waals surface area contributed by atoms with Crippen molar-refractivity contribution in [1.29, 1.82) is 0 Å². The van der Waals surface area contributed by atoms with E-state index in [0.717, 1.165) is 0 Å². The van der Waals surface area contributed by atoms with E-state index in [4.69, 9.17) is 0 Å². The zero-order valence-corrected chi connectivity index (χ0v) is 14.6. The highest BCUT2D eigenvalue weighted by Gasteiger charge is 2.23. The van der Waals surface area contributed by atoms with Crippen molar-refractivity contribution in [3.63, 3.8) is 0 Å². The Balaban J connectivity index is 1.89. The molecule has 0 bridgehead atoms. The second-order valence-corrected chi connectivity index (χ2v) is 7.38. The number of carbonyl (C=O) groups excluding carboxylic acids is 2. The van der Waals surface area contributed by atoms with Crippen LogP contribution in [0.3, 0.4) is 0 Å². The largest absolute Gasteiger partial charge is 0.349 e. The molecule has 0 saturated carbocycles. The third kappa shape index (κ3) is 3.60. The molecule has 0 aliphatic carbocycles. The fourth-order valence-electron chi connectivity index (χ4n) is 2.61. The number of hydrogen-bond donors (Lipinski definition) is 3. The molecule has 0 fully saturated rings. The summed E-state index contributed by atoms with van der Waals surface area (Å²) < 4.78 is 27.9. The highest BCUT2D eigenvalue weighted by Crippen LogP contribution is 2.27. The van der Waals surface area contributed by atoms with E-state index < -0.39 is 15.9 Å².